The molecule has 164 valence electrons. The fraction of sp³-hybridized carbons (Fsp3) is 0.524. The van der Waals surface area contributed by atoms with Gasteiger partial charge in [0.15, 0.2) is 5.96 Å². The quantitative estimate of drug-likeness (QED) is 0.395. The molecule has 9 heteroatoms. The van der Waals surface area contributed by atoms with Crippen LogP contribution in [0.5, 0.6) is 0 Å². The maximum atomic E-state index is 12.2. The van der Waals surface area contributed by atoms with Crippen molar-refractivity contribution >= 4 is 16.0 Å². The number of guanidine groups is 1. The molecule has 0 aliphatic heterocycles. The maximum Gasteiger partial charge on any atom is 0.213 e. The Morgan fingerprint density at radius 2 is 2.07 bits per heavy atom. The molecule has 1 aromatic heterocycles. The number of H-pyrrole nitrogens is 1. The SMILES string of the molecule is CCNC(=NCCS(=O)(=O)NCC1CCC1)N(C)Cc1ncc(-c2ccccc2)[nH]1. The zero-order valence-electron chi connectivity index (χ0n) is 17.8. The van der Waals surface area contributed by atoms with Crippen LogP contribution in [0.3, 0.4) is 0 Å². The average Bonchev–Trinajstić information content (AvgIpc) is 3.15. The zero-order chi connectivity index (χ0) is 21.4. The Morgan fingerprint density at radius 3 is 2.73 bits per heavy atom. The van der Waals surface area contributed by atoms with E-state index < -0.39 is 10.0 Å². The van der Waals surface area contributed by atoms with Crippen LogP contribution in [0, 0.1) is 5.92 Å². The maximum absolute atomic E-state index is 12.2. The second-order valence-electron chi connectivity index (χ2n) is 7.67. The number of nitrogens with one attached hydrogen (secondary N) is 3. The largest absolute Gasteiger partial charge is 0.357 e. The summed E-state index contributed by atoms with van der Waals surface area (Å²) in [6, 6.07) is 10.0. The molecule has 1 saturated carbocycles. The standard InChI is InChI=1S/C21H32N6O2S/c1-3-22-21(23-12-13-30(28,29)25-14-17-8-7-9-17)27(2)16-20-24-15-19(26-20)18-10-5-4-6-11-18/h4-6,10-11,15,17,25H,3,7-9,12-14,16H2,1-2H3,(H,22,23)(H,24,26). The molecule has 0 atom stereocenters. The molecule has 3 rings (SSSR count). The summed E-state index contributed by atoms with van der Waals surface area (Å²) in [5, 5.41) is 3.21. The van der Waals surface area contributed by atoms with Crippen molar-refractivity contribution < 1.29 is 8.42 Å². The third kappa shape index (κ3) is 6.56. The summed E-state index contributed by atoms with van der Waals surface area (Å²) < 4.78 is 27.1. The molecule has 1 aliphatic rings. The highest BCUT2D eigenvalue weighted by molar-refractivity contribution is 7.89. The van der Waals surface area contributed by atoms with Crippen LogP contribution in [0.1, 0.15) is 32.0 Å². The van der Waals surface area contributed by atoms with Crippen molar-refractivity contribution in [2.45, 2.75) is 32.7 Å². The summed E-state index contributed by atoms with van der Waals surface area (Å²) in [7, 11) is -1.38. The van der Waals surface area contributed by atoms with Gasteiger partial charge in [-0.15, -0.1) is 0 Å². The van der Waals surface area contributed by atoms with Gasteiger partial charge in [0.1, 0.15) is 5.82 Å². The van der Waals surface area contributed by atoms with E-state index in [-0.39, 0.29) is 12.3 Å². The van der Waals surface area contributed by atoms with Crippen molar-refractivity contribution in [2.24, 2.45) is 10.9 Å². The molecule has 2 aromatic rings. The van der Waals surface area contributed by atoms with Crippen LogP contribution in [-0.2, 0) is 16.6 Å². The Bertz CT molecular complexity index is 922. The van der Waals surface area contributed by atoms with E-state index in [2.05, 4.69) is 25.0 Å². The number of aromatic amines is 1. The number of nitrogens with zero attached hydrogens (tertiary/aromatic N) is 3. The Labute approximate surface area is 179 Å². The van der Waals surface area contributed by atoms with Crippen LogP contribution in [-0.4, -0.2) is 61.7 Å². The summed E-state index contributed by atoms with van der Waals surface area (Å²) in [4.78, 5) is 14.2. The van der Waals surface area contributed by atoms with Crippen LogP contribution in [0.2, 0.25) is 0 Å². The van der Waals surface area contributed by atoms with E-state index in [1.165, 1.54) is 6.42 Å². The van der Waals surface area contributed by atoms with Gasteiger partial charge < -0.3 is 15.2 Å². The second-order valence-corrected chi connectivity index (χ2v) is 9.59. The van der Waals surface area contributed by atoms with Gasteiger partial charge in [0.05, 0.1) is 30.7 Å². The van der Waals surface area contributed by atoms with Crippen molar-refractivity contribution in [1.82, 2.24) is 24.9 Å². The van der Waals surface area contributed by atoms with Crippen LogP contribution >= 0.6 is 0 Å². The smallest absolute Gasteiger partial charge is 0.213 e. The molecule has 0 radical (unpaired) electrons. The third-order valence-corrected chi connectivity index (χ3v) is 6.56. The fourth-order valence-electron chi connectivity index (χ4n) is 3.26. The Balaban J connectivity index is 1.54. The Morgan fingerprint density at radius 1 is 1.30 bits per heavy atom. The van der Waals surface area contributed by atoms with Gasteiger partial charge in [0, 0.05) is 20.1 Å². The lowest BCUT2D eigenvalue weighted by atomic mass is 9.86. The van der Waals surface area contributed by atoms with Crippen molar-refractivity contribution in [1.29, 1.82) is 0 Å². The first kappa shape index (κ1) is 22.3. The summed E-state index contributed by atoms with van der Waals surface area (Å²) in [5.74, 6) is 1.96. The first-order valence-electron chi connectivity index (χ1n) is 10.5. The summed E-state index contributed by atoms with van der Waals surface area (Å²) in [6.07, 6.45) is 5.27. The molecular weight excluding hydrogens is 400 g/mol. The molecule has 1 heterocycles. The number of rotatable bonds is 10. The second kappa shape index (κ2) is 10.6. The highest BCUT2D eigenvalue weighted by Crippen LogP contribution is 2.25. The fourth-order valence-corrected chi connectivity index (χ4v) is 4.23. The Hall–Kier alpha value is -2.39. The van der Waals surface area contributed by atoms with Crippen LogP contribution in [0.25, 0.3) is 11.3 Å². The molecule has 8 nitrogen and oxygen atoms in total. The van der Waals surface area contributed by atoms with Gasteiger partial charge in [-0.1, -0.05) is 36.8 Å². The molecule has 0 saturated heterocycles. The molecule has 1 aliphatic carbocycles. The van der Waals surface area contributed by atoms with Crippen LogP contribution in [0.4, 0.5) is 0 Å². The van der Waals surface area contributed by atoms with Gasteiger partial charge in [-0.05, 0) is 31.2 Å². The lowest BCUT2D eigenvalue weighted by Gasteiger charge is -2.25. The summed E-state index contributed by atoms with van der Waals surface area (Å²) >= 11 is 0. The van der Waals surface area contributed by atoms with Gasteiger partial charge in [-0.3, -0.25) is 4.99 Å². The Kier molecular flexibility index (Phi) is 7.87. The number of benzene rings is 1. The average molecular weight is 433 g/mol. The topological polar surface area (TPSA) is 102 Å². The minimum atomic E-state index is -3.30. The first-order chi connectivity index (χ1) is 14.5. The molecule has 0 amide bonds. The van der Waals surface area contributed by atoms with E-state index >= 15 is 0 Å². The lowest BCUT2D eigenvalue weighted by molar-refractivity contribution is 0.316. The van der Waals surface area contributed by atoms with Gasteiger partial charge in [0.25, 0.3) is 0 Å². The van der Waals surface area contributed by atoms with Crippen molar-refractivity contribution in [3.8, 4) is 11.3 Å². The zero-order valence-corrected chi connectivity index (χ0v) is 18.6. The molecule has 0 bridgehead atoms. The first-order valence-corrected chi connectivity index (χ1v) is 12.2. The monoisotopic (exact) mass is 432 g/mol. The normalized spacial score (nSPS) is 15.1. The minimum Gasteiger partial charge on any atom is -0.357 e. The number of hydrogen-bond acceptors (Lipinski definition) is 4. The summed E-state index contributed by atoms with van der Waals surface area (Å²) in [6.45, 7) is 3.98. The molecule has 1 fully saturated rings. The predicted molar refractivity (Wildman–Crippen MR) is 121 cm³/mol. The van der Waals surface area contributed by atoms with Crippen LogP contribution in [0.15, 0.2) is 41.5 Å². The molecular formula is C21H32N6O2S. The number of imidazole rings is 1. The van der Waals surface area contributed by atoms with Crippen molar-refractivity contribution in [3.63, 3.8) is 0 Å². The summed E-state index contributed by atoms with van der Waals surface area (Å²) in [5.41, 5.74) is 2.05. The molecule has 0 unspecified atom stereocenters. The van der Waals surface area contributed by atoms with Gasteiger partial charge in [-0.2, -0.15) is 0 Å². The lowest BCUT2D eigenvalue weighted by Crippen LogP contribution is -2.39. The number of aliphatic imine (C=N–C) groups is 1. The highest BCUT2D eigenvalue weighted by Gasteiger charge is 2.20. The molecule has 3 N–H and O–H groups in total. The highest BCUT2D eigenvalue weighted by atomic mass is 32.2. The van der Waals surface area contributed by atoms with E-state index in [0.717, 1.165) is 29.9 Å². The van der Waals surface area contributed by atoms with Gasteiger partial charge >= 0.3 is 0 Å². The van der Waals surface area contributed by atoms with Crippen molar-refractivity contribution in [2.75, 3.05) is 32.4 Å². The van der Waals surface area contributed by atoms with Crippen molar-refractivity contribution in [3.05, 3.63) is 42.4 Å². The van der Waals surface area contributed by atoms with E-state index in [1.54, 1.807) is 0 Å². The van der Waals surface area contributed by atoms with E-state index in [1.807, 2.05) is 55.4 Å². The van der Waals surface area contributed by atoms with Gasteiger partial charge in [-0.25, -0.2) is 18.1 Å². The number of aromatic nitrogens is 2. The van der Waals surface area contributed by atoms with Gasteiger partial charge in [0.2, 0.25) is 10.0 Å². The predicted octanol–water partition coefficient (Wildman–Crippen LogP) is 2.19. The molecule has 0 spiro atoms. The molecule has 1 aromatic carbocycles. The van der Waals surface area contributed by atoms with Crippen LogP contribution < -0.4 is 10.0 Å². The number of sulfonamides is 1. The van der Waals surface area contributed by atoms with E-state index in [9.17, 15) is 8.42 Å². The van der Waals surface area contributed by atoms with E-state index in [4.69, 9.17) is 0 Å². The molecule has 30 heavy (non-hydrogen) atoms. The third-order valence-electron chi connectivity index (χ3n) is 5.23. The van der Waals surface area contributed by atoms with E-state index in [0.29, 0.717) is 31.5 Å². The number of hydrogen-bond donors (Lipinski definition) is 3. The minimum absolute atomic E-state index is 0.0125.